The third-order valence-electron chi connectivity index (χ3n) is 4.42. The average Bonchev–Trinajstić information content (AvgIpc) is 3.07. The smallest absolute Gasteiger partial charge is 0.338 e. The summed E-state index contributed by atoms with van der Waals surface area (Å²) < 4.78 is 5.13. The number of nitrogens with one attached hydrogen (secondary N) is 1. The first-order valence-corrected chi connectivity index (χ1v) is 8.75. The zero-order valence-corrected chi connectivity index (χ0v) is 14.8. The van der Waals surface area contributed by atoms with Crippen molar-refractivity contribution in [2.24, 2.45) is 0 Å². The van der Waals surface area contributed by atoms with Gasteiger partial charge in [-0.15, -0.1) is 0 Å². The van der Waals surface area contributed by atoms with E-state index < -0.39 is 5.97 Å². The molecular weight excluding hydrogens is 338 g/mol. The first kappa shape index (κ1) is 17.5. The predicted molar refractivity (Wildman–Crippen MR) is 96.8 cm³/mol. The van der Waals surface area contributed by atoms with Gasteiger partial charge in [0.05, 0.1) is 11.6 Å². The molecule has 0 radical (unpaired) electrons. The summed E-state index contributed by atoms with van der Waals surface area (Å²) in [6, 6.07) is 12.7. The molecule has 3 rings (SSSR count). The Morgan fingerprint density at radius 2 is 1.92 bits per heavy atom. The molecule has 25 heavy (non-hydrogen) atoms. The minimum atomic E-state index is -0.477. The largest absolute Gasteiger partial charge is 0.452 e. The summed E-state index contributed by atoms with van der Waals surface area (Å²) in [7, 11) is 0. The highest BCUT2D eigenvalue weighted by atomic mass is 35.5. The Hall–Kier alpha value is -2.33. The van der Waals surface area contributed by atoms with E-state index in [0.717, 1.165) is 24.8 Å². The fourth-order valence-corrected chi connectivity index (χ4v) is 3.40. The molecule has 1 N–H and O–H groups in total. The molecule has 130 valence electrons. The number of halogens is 1. The number of rotatable bonds is 5. The van der Waals surface area contributed by atoms with E-state index in [0.29, 0.717) is 10.6 Å². The lowest BCUT2D eigenvalue weighted by Crippen LogP contribution is -2.31. The van der Waals surface area contributed by atoms with Gasteiger partial charge in [0.1, 0.15) is 0 Å². The van der Waals surface area contributed by atoms with Crippen LogP contribution in [0.1, 0.15) is 46.4 Å². The summed E-state index contributed by atoms with van der Waals surface area (Å²) in [5, 5.41) is 3.37. The maximum Gasteiger partial charge on any atom is 0.338 e. The fraction of sp³-hybridized carbons (Fsp3) is 0.300. The van der Waals surface area contributed by atoms with Crippen LogP contribution in [0.2, 0.25) is 5.02 Å². The van der Waals surface area contributed by atoms with Gasteiger partial charge in [-0.2, -0.15) is 0 Å². The minimum absolute atomic E-state index is 0.264. The van der Waals surface area contributed by atoms with E-state index in [1.165, 1.54) is 11.1 Å². The maximum atomic E-state index is 12.1. The molecule has 5 heteroatoms. The van der Waals surface area contributed by atoms with Crippen molar-refractivity contribution >= 4 is 23.5 Å². The van der Waals surface area contributed by atoms with Crippen molar-refractivity contribution in [2.45, 2.75) is 32.2 Å². The van der Waals surface area contributed by atoms with Crippen LogP contribution in [0.4, 0.5) is 0 Å². The summed E-state index contributed by atoms with van der Waals surface area (Å²) in [6.45, 7) is 1.52. The van der Waals surface area contributed by atoms with Crippen LogP contribution < -0.4 is 5.32 Å². The molecule has 4 nitrogen and oxygen atoms in total. The molecule has 0 saturated heterocycles. The second-order valence-corrected chi connectivity index (χ2v) is 6.63. The van der Waals surface area contributed by atoms with Crippen molar-refractivity contribution < 1.29 is 14.3 Å². The van der Waals surface area contributed by atoms with Crippen LogP contribution in [-0.4, -0.2) is 18.5 Å². The van der Waals surface area contributed by atoms with Crippen LogP contribution in [0.3, 0.4) is 0 Å². The van der Waals surface area contributed by atoms with Gasteiger partial charge in [-0.25, -0.2) is 4.79 Å². The van der Waals surface area contributed by atoms with Gasteiger partial charge in [0.25, 0.3) is 5.91 Å². The van der Waals surface area contributed by atoms with Gasteiger partial charge < -0.3 is 10.1 Å². The molecule has 0 saturated carbocycles. The molecule has 2 aromatic rings. The van der Waals surface area contributed by atoms with Crippen molar-refractivity contribution in [2.75, 3.05) is 6.61 Å². The Bertz CT molecular complexity index is 803. The first-order valence-electron chi connectivity index (χ1n) is 8.37. The minimum Gasteiger partial charge on any atom is -0.452 e. The molecule has 0 fully saturated rings. The molecule has 0 aromatic heterocycles. The fourth-order valence-electron chi connectivity index (χ4n) is 3.10. The van der Waals surface area contributed by atoms with Crippen molar-refractivity contribution in [3.8, 4) is 0 Å². The third kappa shape index (κ3) is 4.20. The Labute approximate surface area is 152 Å². The third-order valence-corrected chi connectivity index (χ3v) is 4.76. The quantitative estimate of drug-likeness (QED) is 0.826. The van der Waals surface area contributed by atoms with Gasteiger partial charge >= 0.3 is 5.97 Å². The normalized spacial score (nSPS) is 13.8. The molecule has 0 heterocycles. The Balaban J connectivity index is 1.53. The molecule has 1 aliphatic carbocycles. The second kappa shape index (κ2) is 7.70. The summed E-state index contributed by atoms with van der Waals surface area (Å²) in [5.74, 6) is -0.836. The molecule has 2 aromatic carbocycles. The van der Waals surface area contributed by atoms with Crippen LogP contribution in [0.5, 0.6) is 0 Å². The molecule has 0 unspecified atom stereocenters. The summed E-state index contributed by atoms with van der Waals surface area (Å²) in [6.07, 6.45) is 3.18. The highest BCUT2D eigenvalue weighted by Gasteiger charge is 2.17. The van der Waals surface area contributed by atoms with Crippen LogP contribution in [0, 0.1) is 0 Å². The number of esters is 1. The zero-order valence-electron chi connectivity index (χ0n) is 14.0. The Kier molecular flexibility index (Phi) is 5.39. The number of benzene rings is 2. The molecule has 1 aliphatic rings. The van der Waals surface area contributed by atoms with Crippen molar-refractivity contribution in [1.29, 1.82) is 0 Å². The highest BCUT2D eigenvalue weighted by Crippen LogP contribution is 2.23. The summed E-state index contributed by atoms with van der Waals surface area (Å²) >= 11 is 6.12. The number of ether oxygens (including phenoxy) is 1. The SMILES string of the molecule is C[C@H](NC(=O)COC(=O)c1ccc2c(c1)CCC2)c1ccccc1Cl. The summed E-state index contributed by atoms with van der Waals surface area (Å²) in [4.78, 5) is 24.2. The van der Waals surface area contributed by atoms with Gasteiger partial charge in [-0.1, -0.05) is 35.9 Å². The topological polar surface area (TPSA) is 55.4 Å². The molecule has 0 bridgehead atoms. The lowest BCUT2D eigenvalue weighted by atomic mass is 10.1. The lowest BCUT2D eigenvalue weighted by Gasteiger charge is -2.15. The highest BCUT2D eigenvalue weighted by molar-refractivity contribution is 6.31. The first-order chi connectivity index (χ1) is 12.0. The molecular formula is C20H20ClNO3. The monoisotopic (exact) mass is 357 g/mol. The van der Waals surface area contributed by atoms with Gasteiger partial charge in [-0.05, 0) is 61.1 Å². The van der Waals surface area contributed by atoms with Gasteiger partial charge in [0.15, 0.2) is 6.61 Å². The Morgan fingerprint density at radius 3 is 2.72 bits per heavy atom. The van der Waals surface area contributed by atoms with Crippen molar-refractivity contribution in [3.63, 3.8) is 0 Å². The van der Waals surface area contributed by atoms with Crippen LogP contribution in [0.15, 0.2) is 42.5 Å². The molecule has 0 aliphatic heterocycles. The van der Waals surface area contributed by atoms with Gasteiger partial charge in [-0.3, -0.25) is 4.79 Å². The number of carbonyl (C=O) groups is 2. The number of fused-ring (bicyclic) bond motifs is 1. The molecule has 1 atom stereocenters. The molecule has 1 amide bonds. The van der Waals surface area contributed by atoms with Crippen molar-refractivity contribution in [1.82, 2.24) is 5.32 Å². The number of hydrogen-bond acceptors (Lipinski definition) is 3. The number of hydrogen-bond donors (Lipinski definition) is 1. The number of carbonyl (C=O) groups excluding carboxylic acids is 2. The second-order valence-electron chi connectivity index (χ2n) is 6.22. The van der Waals surface area contributed by atoms with Crippen LogP contribution in [0.25, 0.3) is 0 Å². The zero-order chi connectivity index (χ0) is 17.8. The van der Waals surface area contributed by atoms with E-state index >= 15 is 0 Å². The van der Waals surface area contributed by atoms with Gasteiger partial charge in [0.2, 0.25) is 0 Å². The molecule has 0 spiro atoms. The van der Waals surface area contributed by atoms with E-state index in [-0.39, 0.29) is 18.6 Å². The Morgan fingerprint density at radius 1 is 1.16 bits per heavy atom. The summed E-state index contributed by atoms with van der Waals surface area (Å²) in [5.41, 5.74) is 3.81. The standard InChI is InChI=1S/C20H20ClNO3/c1-13(17-7-2-3-8-18(17)21)22-19(23)12-25-20(24)16-10-9-14-5-4-6-15(14)11-16/h2-3,7-11,13H,4-6,12H2,1H3,(H,22,23)/t13-/m0/s1. The van der Waals surface area contributed by atoms with E-state index in [1.54, 1.807) is 12.1 Å². The van der Waals surface area contributed by atoms with Crippen LogP contribution >= 0.6 is 11.6 Å². The van der Waals surface area contributed by atoms with E-state index in [4.69, 9.17) is 16.3 Å². The lowest BCUT2D eigenvalue weighted by molar-refractivity contribution is -0.124. The maximum absolute atomic E-state index is 12.1. The number of aryl methyl sites for hydroxylation is 2. The van der Waals surface area contributed by atoms with E-state index in [9.17, 15) is 9.59 Å². The van der Waals surface area contributed by atoms with Crippen LogP contribution in [-0.2, 0) is 22.4 Å². The average molecular weight is 358 g/mol. The van der Waals surface area contributed by atoms with Crippen molar-refractivity contribution in [3.05, 3.63) is 69.7 Å². The van der Waals surface area contributed by atoms with Gasteiger partial charge in [0, 0.05) is 5.02 Å². The van der Waals surface area contributed by atoms with E-state index in [2.05, 4.69) is 5.32 Å². The predicted octanol–water partition coefficient (Wildman–Crippen LogP) is 3.86. The number of amides is 1. The van der Waals surface area contributed by atoms with E-state index in [1.807, 2.05) is 37.3 Å².